The average molecular weight is 426 g/mol. The van der Waals surface area contributed by atoms with Crippen LogP contribution in [-0.4, -0.2) is 52.0 Å². The molecule has 1 atom stereocenters. The molecule has 6 nitrogen and oxygen atoms in total. The first kappa shape index (κ1) is 20.5. The van der Waals surface area contributed by atoms with Crippen molar-refractivity contribution in [2.24, 2.45) is 4.99 Å². The van der Waals surface area contributed by atoms with Crippen LogP contribution in [0.5, 0.6) is 0 Å². The Morgan fingerprint density at radius 1 is 0.875 bits per heavy atom. The standard InChI is InChI=1S/C26H27N5O/c1-19-9-8-10-20(2)24(19)27-26(31-23-14-7-6-13-22(23)28-29-31)25(21-11-4-3-5-12-21)30-15-17-32-18-16-30/h3-14,25H,15-18H2,1-2H3. The maximum Gasteiger partial charge on any atom is 0.154 e. The molecule has 1 unspecified atom stereocenters. The van der Waals surface area contributed by atoms with Crippen LogP contribution in [0.1, 0.15) is 22.7 Å². The third kappa shape index (κ3) is 3.95. The van der Waals surface area contributed by atoms with E-state index in [1.165, 1.54) is 5.56 Å². The Kier molecular flexibility index (Phi) is 5.79. The predicted octanol–water partition coefficient (Wildman–Crippen LogP) is 4.70. The second-order valence-corrected chi connectivity index (χ2v) is 8.16. The Hall–Kier alpha value is -3.35. The summed E-state index contributed by atoms with van der Waals surface area (Å²) < 4.78 is 7.58. The van der Waals surface area contributed by atoms with Crippen molar-refractivity contribution in [3.63, 3.8) is 0 Å². The van der Waals surface area contributed by atoms with Crippen LogP contribution in [0.2, 0.25) is 0 Å². The van der Waals surface area contributed by atoms with Crippen molar-refractivity contribution in [3.05, 3.63) is 89.5 Å². The Morgan fingerprint density at radius 3 is 2.31 bits per heavy atom. The Bertz CT molecular complexity index is 1220. The van der Waals surface area contributed by atoms with Crippen molar-refractivity contribution in [3.8, 4) is 0 Å². The Labute approximate surface area is 188 Å². The van der Waals surface area contributed by atoms with E-state index in [0.717, 1.165) is 46.8 Å². The minimum Gasteiger partial charge on any atom is -0.379 e. The summed E-state index contributed by atoms with van der Waals surface area (Å²) in [6, 6.07) is 24.8. The summed E-state index contributed by atoms with van der Waals surface area (Å²) >= 11 is 0. The van der Waals surface area contributed by atoms with Gasteiger partial charge >= 0.3 is 0 Å². The van der Waals surface area contributed by atoms with Crippen molar-refractivity contribution in [2.45, 2.75) is 19.9 Å². The molecule has 0 bridgehead atoms. The Morgan fingerprint density at radius 2 is 1.56 bits per heavy atom. The van der Waals surface area contributed by atoms with Crippen molar-refractivity contribution >= 4 is 22.6 Å². The fourth-order valence-electron chi connectivity index (χ4n) is 4.35. The molecule has 3 aromatic carbocycles. The molecule has 1 aromatic heterocycles. The molecule has 1 saturated heterocycles. The van der Waals surface area contributed by atoms with E-state index in [9.17, 15) is 0 Å². The van der Waals surface area contributed by atoms with Crippen LogP contribution in [-0.2, 0) is 4.74 Å². The fraction of sp³-hybridized carbons (Fsp3) is 0.269. The Balaban J connectivity index is 1.76. The molecule has 32 heavy (non-hydrogen) atoms. The average Bonchev–Trinajstić information content (AvgIpc) is 3.26. The van der Waals surface area contributed by atoms with Gasteiger partial charge < -0.3 is 4.74 Å². The first-order chi connectivity index (χ1) is 15.7. The van der Waals surface area contributed by atoms with Gasteiger partial charge in [-0.25, -0.2) is 4.99 Å². The summed E-state index contributed by atoms with van der Waals surface area (Å²) in [5.74, 6) is 0.851. The summed E-state index contributed by atoms with van der Waals surface area (Å²) in [4.78, 5) is 7.73. The lowest BCUT2D eigenvalue weighted by atomic mass is 10.0. The van der Waals surface area contributed by atoms with Gasteiger partial charge in [0.1, 0.15) is 5.52 Å². The van der Waals surface area contributed by atoms with Crippen LogP contribution in [0, 0.1) is 13.8 Å². The van der Waals surface area contributed by atoms with Gasteiger partial charge in [0.2, 0.25) is 0 Å². The lowest BCUT2D eigenvalue weighted by Gasteiger charge is -2.35. The zero-order valence-electron chi connectivity index (χ0n) is 18.5. The molecule has 0 saturated carbocycles. The summed E-state index contributed by atoms with van der Waals surface area (Å²) in [6.45, 7) is 7.29. The number of benzene rings is 3. The zero-order valence-corrected chi connectivity index (χ0v) is 18.5. The third-order valence-corrected chi connectivity index (χ3v) is 6.01. The lowest BCUT2D eigenvalue weighted by Crippen LogP contribution is -2.44. The highest BCUT2D eigenvalue weighted by Crippen LogP contribution is 2.30. The number of morpholine rings is 1. The molecule has 1 aliphatic rings. The molecule has 1 aliphatic heterocycles. The lowest BCUT2D eigenvalue weighted by molar-refractivity contribution is 0.0281. The molecule has 4 aromatic rings. The van der Waals surface area contributed by atoms with Crippen LogP contribution in [0.25, 0.3) is 11.0 Å². The molecular formula is C26H27N5O. The van der Waals surface area contributed by atoms with E-state index in [1.54, 1.807) is 0 Å². The summed E-state index contributed by atoms with van der Waals surface area (Å²) in [6.07, 6.45) is 0. The maximum atomic E-state index is 5.67. The first-order valence-electron chi connectivity index (χ1n) is 11.0. The number of hydrogen-bond acceptors (Lipinski definition) is 5. The smallest absolute Gasteiger partial charge is 0.154 e. The number of aromatic nitrogens is 3. The van der Waals surface area contributed by atoms with Crippen molar-refractivity contribution in [1.82, 2.24) is 19.9 Å². The molecule has 0 N–H and O–H groups in total. The van der Waals surface area contributed by atoms with Gasteiger partial charge in [0.15, 0.2) is 5.84 Å². The van der Waals surface area contributed by atoms with E-state index in [1.807, 2.05) is 28.9 Å². The number of aryl methyl sites for hydroxylation is 2. The highest BCUT2D eigenvalue weighted by Gasteiger charge is 2.30. The second-order valence-electron chi connectivity index (χ2n) is 8.16. The van der Waals surface area contributed by atoms with E-state index in [4.69, 9.17) is 9.73 Å². The van der Waals surface area contributed by atoms with Gasteiger partial charge in [-0.2, -0.15) is 4.68 Å². The molecule has 0 amide bonds. The summed E-state index contributed by atoms with van der Waals surface area (Å²) in [7, 11) is 0. The van der Waals surface area contributed by atoms with Crippen molar-refractivity contribution in [1.29, 1.82) is 0 Å². The highest BCUT2D eigenvalue weighted by molar-refractivity contribution is 5.98. The van der Waals surface area contributed by atoms with E-state index < -0.39 is 0 Å². The third-order valence-electron chi connectivity index (χ3n) is 6.01. The fourth-order valence-corrected chi connectivity index (χ4v) is 4.35. The number of para-hydroxylation sites is 2. The summed E-state index contributed by atoms with van der Waals surface area (Å²) in [5, 5.41) is 9.01. The second kappa shape index (κ2) is 9.02. The molecule has 0 aliphatic carbocycles. The molecule has 2 heterocycles. The van der Waals surface area contributed by atoms with E-state index in [-0.39, 0.29) is 6.04 Å². The van der Waals surface area contributed by atoms with E-state index >= 15 is 0 Å². The maximum absolute atomic E-state index is 5.67. The quantitative estimate of drug-likeness (QED) is 0.351. The minimum absolute atomic E-state index is 0.0794. The highest BCUT2D eigenvalue weighted by atomic mass is 16.5. The number of nitrogens with zero attached hydrogens (tertiary/aromatic N) is 5. The SMILES string of the molecule is Cc1cccc(C)c1N=C(C(c1ccccc1)N1CCOCC1)n1nnc2ccccc21. The van der Waals surface area contributed by atoms with Crippen molar-refractivity contribution in [2.75, 3.05) is 26.3 Å². The molecule has 0 radical (unpaired) electrons. The molecule has 0 spiro atoms. The number of aliphatic imine (C=N–C) groups is 1. The molecular weight excluding hydrogens is 398 g/mol. The van der Waals surface area contributed by atoms with Gasteiger partial charge in [-0.15, -0.1) is 5.10 Å². The van der Waals surface area contributed by atoms with Crippen LogP contribution < -0.4 is 0 Å². The topological polar surface area (TPSA) is 55.5 Å². The predicted molar refractivity (Wildman–Crippen MR) is 128 cm³/mol. The van der Waals surface area contributed by atoms with Gasteiger partial charge in [-0.3, -0.25) is 4.90 Å². The van der Waals surface area contributed by atoms with Gasteiger partial charge in [-0.1, -0.05) is 65.9 Å². The number of rotatable bonds is 4. The van der Waals surface area contributed by atoms with Crippen LogP contribution in [0.4, 0.5) is 5.69 Å². The van der Waals surface area contributed by atoms with Gasteiger partial charge in [0.05, 0.1) is 30.5 Å². The van der Waals surface area contributed by atoms with Crippen molar-refractivity contribution < 1.29 is 4.74 Å². The molecule has 1 fully saturated rings. The van der Waals surface area contributed by atoms with Gasteiger partial charge in [0, 0.05) is 13.1 Å². The number of hydrogen-bond donors (Lipinski definition) is 0. The van der Waals surface area contributed by atoms with Crippen LogP contribution >= 0.6 is 0 Å². The number of fused-ring (bicyclic) bond motifs is 1. The summed E-state index contributed by atoms with van der Waals surface area (Å²) in [5.41, 5.74) is 6.25. The first-order valence-corrected chi connectivity index (χ1v) is 11.0. The van der Waals surface area contributed by atoms with E-state index in [2.05, 4.69) is 77.6 Å². The normalized spacial score (nSPS) is 16.4. The van der Waals surface area contributed by atoms with Gasteiger partial charge in [0.25, 0.3) is 0 Å². The largest absolute Gasteiger partial charge is 0.379 e. The van der Waals surface area contributed by atoms with Crippen LogP contribution in [0.15, 0.2) is 77.8 Å². The monoisotopic (exact) mass is 425 g/mol. The molecule has 5 rings (SSSR count). The zero-order chi connectivity index (χ0) is 21.9. The van der Waals surface area contributed by atoms with Crippen LogP contribution in [0.3, 0.4) is 0 Å². The minimum atomic E-state index is -0.0794. The van der Waals surface area contributed by atoms with E-state index in [0.29, 0.717) is 13.2 Å². The molecule has 162 valence electrons. The number of ether oxygens (including phenoxy) is 1. The molecule has 6 heteroatoms. The van der Waals surface area contributed by atoms with Gasteiger partial charge in [-0.05, 0) is 42.7 Å².